The third-order valence-electron chi connectivity index (χ3n) is 5.60. The third-order valence-corrected chi connectivity index (χ3v) is 5.60. The van der Waals surface area contributed by atoms with E-state index in [9.17, 15) is 14.9 Å². The lowest BCUT2D eigenvalue weighted by molar-refractivity contribution is -0.126. The third kappa shape index (κ3) is 4.03. The highest BCUT2D eigenvalue weighted by Crippen LogP contribution is 2.39. The SMILES string of the molecule is CCc1ccc(NC2=C(C(=O)c3ccccc3)C(c3ccccc3)N(CC#N)C2=O)cc1. The molecule has 1 N–H and O–H groups in total. The Hall–Kier alpha value is -4.17. The van der Waals surface area contributed by atoms with Crippen molar-refractivity contribution >= 4 is 17.4 Å². The molecule has 4 rings (SSSR count). The van der Waals surface area contributed by atoms with Crippen LogP contribution in [0.4, 0.5) is 5.69 Å². The minimum Gasteiger partial charge on any atom is -0.351 e. The molecule has 1 amide bonds. The van der Waals surface area contributed by atoms with Gasteiger partial charge in [-0.15, -0.1) is 0 Å². The number of benzene rings is 3. The molecule has 1 atom stereocenters. The Kier molecular flexibility index (Phi) is 6.14. The van der Waals surface area contributed by atoms with E-state index < -0.39 is 6.04 Å². The molecule has 0 spiro atoms. The van der Waals surface area contributed by atoms with E-state index in [0.29, 0.717) is 11.1 Å². The summed E-state index contributed by atoms with van der Waals surface area (Å²) >= 11 is 0. The number of Topliss-reactive ketones (excluding diaryl/α,β-unsaturated/α-hetero) is 1. The van der Waals surface area contributed by atoms with Crippen LogP contribution < -0.4 is 5.32 Å². The van der Waals surface area contributed by atoms with Crippen LogP contribution in [0, 0.1) is 11.3 Å². The summed E-state index contributed by atoms with van der Waals surface area (Å²) in [5.41, 5.74) is 3.74. The molecule has 5 nitrogen and oxygen atoms in total. The Morgan fingerprint density at radius 3 is 2.19 bits per heavy atom. The Balaban J connectivity index is 1.86. The van der Waals surface area contributed by atoms with Crippen molar-refractivity contribution in [3.63, 3.8) is 0 Å². The summed E-state index contributed by atoms with van der Waals surface area (Å²) in [6.45, 7) is 1.95. The van der Waals surface area contributed by atoms with Gasteiger partial charge in [-0.2, -0.15) is 5.26 Å². The standard InChI is InChI=1S/C27H23N3O2/c1-2-19-13-15-22(16-14-19)29-24-23(26(31)21-11-7-4-8-12-21)25(20-9-5-3-6-10-20)30(18-17-28)27(24)32/h3-16,25,29H,2,18H2,1H3. The fourth-order valence-corrected chi connectivity index (χ4v) is 3.96. The number of hydrogen-bond donors (Lipinski definition) is 1. The van der Waals surface area contributed by atoms with Gasteiger partial charge in [0.2, 0.25) is 0 Å². The Morgan fingerprint density at radius 1 is 0.969 bits per heavy atom. The number of carbonyl (C=O) groups is 2. The van der Waals surface area contributed by atoms with Gasteiger partial charge in [0.05, 0.1) is 17.7 Å². The van der Waals surface area contributed by atoms with Crippen LogP contribution in [0.2, 0.25) is 0 Å². The molecule has 158 valence electrons. The summed E-state index contributed by atoms with van der Waals surface area (Å²) in [5, 5.41) is 12.6. The number of nitrogens with one attached hydrogen (secondary N) is 1. The van der Waals surface area contributed by atoms with E-state index in [2.05, 4.69) is 18.3 Å². The second kappa shape index (κ2) is 9.32. The first-order valence-electron chi connectivity index (χ1n) is 10.6. The molecule has 0 saturated carbocycles. The average Bonchev–Trinajstić information content (AvgIpc) is 3.11. The van der Waals surface area contributed by atoms with Gasteiger partial charge in [-0.25, -0.2) is 0 Å². The van der Waals surface area contributed by atoms with E-state index in [1.165, 1.54) is 10.5 Å². The van der Waals surface area contributed by atoms with E-state index in [-0.39, 0.29) is 23.9 Å². The summed E-state index contributed by atoms with van der Waals surface area (Å²) < 4.78 is 0. The van der Waals surface area contributed by atoms with Crippen LogP contribution in [0.3, 0.4) is 0 Å². The Morgan fingerprint density at radius 2 is 1.59 bits per heavy atom. The van der Waals surface area contributed by atoms with Crippen molar-refractivity contribution in [3.8, 4) is 6.07 Å². The fraction of sp³-hybridized carbons (Fsp3) is 0.148. The lowest BCUT2D eigenvalue weighted by atomic mass is 9.92. The fourth-order valence-electron chi connectivity index (χ4n) is 3.96. The molecule has 3 aromatic carbocycles. The van der Waals surface area contributed by atoms with Crippen LogP contribution in [-0.4, -0.2) is 23.1 Å². The molecule has 3 aromatic rings. The molecule has 1 aliphatic rings. The van der Waals surface area contributed by atoms with Gasteiger partial charge in [-0.3, -0.25) is 9.59 Å². The molecule has 0 aliphatic carbocycles. The highest BCUT2D eigenvalue weighted by molar-refractivity contribution is 6.18. The molecule has 1 unspecified atom stereocenters. The largest absolute Gasteiger partial charge is 0.351 e. The van der Waals surface area contributed by atoms with Gasteiger partial charge in [-0.1, -0.05) is 79.7 Å². The van der Waals surface area contributed by atoms with Gasteiger partial charge < -0.3 is 10.2 Å². The Bertz CT molecular complexity index is 1190. The molecule has 32 heavy (non-hydrogen) atoms. The Labute approximate surface area is 187 Å². The van der Waals surface area contributed by atoms with Crippen LogP contribution >= 0.6 is 0 Å². The highest BCUT2D eigenvalue weighted by atomic mass is 16.2. The number of nitrogens with zero attached hydrogens (tertiary/aromatic N) is 2. The van der Waals surface area contributed by atoms with Gasteiger partial charge in [0.25, 0.3) is 5.91 Å². The number of hydrogen-bond acceptors (Lipinski definition) is 4. The van der Waals surface area contributed by atoms with E-state index in [1.807, 2.05) is 60.7 Å². The van der Waals surface area contributed by atoms with Crippen LogP contribution in [0.25, 0.3) is 0 Å². The molecular formula is C27H23N3O2. The number of amides is 1. The minimum atomic E-state index is -0.645. The predicted molar refractivity (Wildman–Crippen MR) is 124 cm³/mol. The normalized spacial score (nSPS) is 15.6. The second-order valence-corrected chi connectivity index (χ2v) is 7.56. The molecule has 0 bridgehead atoms. The highest BCUT2D eigenvalue weighted by Gasteiger charge is 2.43. The van der Waals surface area contributed by atoms with E-state index in [0.717, 1.165) is 17.7 Å². The second-order valence-electron chi connectivity index (χ2n) is 7.56. The van der Waals surface area contributed by atoms with Crippen molar-refractivity contribution < 1.29 is 9.59 Å². The topological polar surface area (TPSA) is 73.2 Å². The van der Waals surface area contributed by atoms with Gasteiger partial charge in [0.15, 0.2) is 5.78 Å². The molecule has 1 aliphatic heterocycles. The van der Waals surface area contributed by atoms with Gasteiger partial charge >= 0.3 is 0 Å². The number of anilines is 1. The zero-order chi connectivity index (χ0) is 22.5. The van der Waals surface area contributed by atoms with Crippen LogP contribution in [0.5, 0.6) is 0 Å². The van der Waals surface area contributed by atoms with Crippen molar-refractivity contribution in [2.45, 2.75) is 19.4 Å². The zero-order valence-electron chi connectivity index (χ0n) is 17.8. The molecule has 0 fully saturated rings. The molecule has 0 aromatic heterocycles. The minimum absolute atomic E-state index is 0.121. The van der Waals surface area contributed by atoms with Gasteiger partial charge in [-0.05, 0) is 29.7 Å². The summed E-state index contributed by atoms with van der Waals surface area (Å²) in [5.74, 6) is -0.597. The summed E-state index contributed by atoms with van der Waals surface area (Å²) in [7, 11) is 0. The number of ketones is 1. The van der Waals surface area contributed by atoms with Crippen molar-refractivity contribution in [1.29, 1.82) is 5.26 Å². The molecular weight excluding hydrogens is 398 g/mol. The zero-order valence-corrected chi connectivity index (χ0v) is 17.8. The van der Waals surface area contributed by atoms with E-state index in [4.69, 9.17) is 0 Å². The van der Waals surface area contributed by atoms with Crippen molar-refractivity contribution in [3.05, 3.63) is 113 Å². The number of nitriles is 1. The molecule has 0 radical (unpaired) electrons. The first-order chi connectivity index (χ1) is 15.6. The maximum absolute atomic E-state index is 13.7. The first-order valence-corrected chi connectivity index (χ1v) is 10.6. The maximum Gasteiger partial charge on any atom is 0.272 e. The van der Waals surface area contributed by atoms with Crippen molar-refractivity contribution in [1.82, 2.24) is 4.90 Å². The van der Waals surface area contributed by atoms with Crippen LogP contribution in [0.1, 0.15) is 34.5 Å². The van der Waals surface area contributed by atoms with Crippen LogP contribution in [-0.2, 0) is 11.2 Å². The number of carbonyl (C=O) groups excluding carboxylic acids is 2. The number of rotatable bonds is 7. The molecule has 0 saturated heterocycles. The summed E-state index contributed by atoms with van der Waals surface area (Å²) in [4.78, 5) is 28.6. The molecule has 1 heterocycles. The smallest absolute Gasteiger partial charge is 0.272 e. The summed E-state index contributed by atoms with van der Waals surface area (Å²) in [6.07, 6.45) is 0.908. The van der Waals surface area contributed by atoms with Gasteiger partial charge in [0, 0.05) is 11.3 Å². The number of aryl methyl sites for hydroxylation is 1. The van der Waals surface area contributed by atoms with E-state index in [1.54, 1.807) is 24.3 Å². The van der Waals surface area contributed by atoms with E-state index >= 15 is 0 Å². The monoisotopic (exact) mass is 421 g/mol. The lowest BCUT2D eigenvalue weighted by Crippen LogP contribution is -2.32. The predicted octanol–water partition coefficient (Wildman–Crippen LogP) is 4.90. The average molecular weight is 422 g/mol. The molecule has 5 heteroatoms. The van der Waals surface area contributed by atoms with Crippen molar-refractivity contribution in [2.24, 2.45) is 0 Å². The van der Waals surface area contributed by atoms with Gasteiger partial charge in [0.1, 0.15) is 12.2 Å². The maximum atomic E-state index is 13.7. The quantitative estimate of drug-likeness (QED) is 0.435. The van der Waals surface area contributed by atoms with Crippen LogP contribution in [0.15, 0.2) is 96.2 Å². The first kappa shape index (κ1) is 21.1. The van der Waals surface area contributed by atoms with Crippen molar-refractivity contribution in [2.75, 3.05) is 11.9 Å². The summed E-state index contributed by atoms with van der Waals surface area (Å²) in [6, 6.07) is 27.5. The lowest BCUT2D eigenvalue weighted by Gasteiger charge is -2.24.